The fourth-order valence-electron chi connectivity index (χ4n) is 4.39. The Morgan fingerprint density at radius 3 is 2.63 bits per heavy atom. The van der Waals surface area contributed by atoms with E-state index in [4.69, 9.17) is 5.11 Å². The summed E-state index contributed by atoms with van der Waals surface area (Å²) in [7, 11) is 0. The van der Waals surface area contributed by atoms with Gasteiger partial charge in [0.1, 0.15) is 23.6 Å². The van der Waals surface area contributed by atoms with E-state index < -0.39 is 35.3 Å². The van der Waals surface area contributed by atoms with Gasteiger partial charge in [0.2, 0.25) is 0 Å². The fourth-order valence-corrected chi connectivity index (χ4v) is 4.91. The van der Waals surface area contributed by atoms with Crippen molar-refractivity contribution in [2.45, 2.75) is 19.6 Å². The Hall–Kier alpha value is -4.84. The van der Waals surface area contributed by atoms with Gasteiger partial charge in [-0.1, -0.05) is 24.3 Å². The zero-order valence-corrected chi connectivity index (χ0v) is 20.6. The van der Waals surface area contributed by atoms with Gasteiger partial charge in [-0.3, -0.25) is 24.2 Å². The molecular weight excluding hydrogens is 510 g/mol. The van der Waals surface area contributed by atoms with Crippen LogP contribution < -0.4 is 10.9 Å². The van der Waals surface area contributed by atoms with Gasteiger partial charge in [0.15, 0.2) is 0 Å². The normalized spacial score (nSPS) is 12.3. The zero-order valence-electron chi connectivity index (χ0n) is 19.8. The third-order valence-electron chi connectivity index (χ3n) is 6.17. The number of nitrogens with one attached hydrogen (secondary N) is 1. The number of carboxylic acids is 1. The summed E-state index contributed by atoms with van der Waals surface area (Å²) < 4.78 is 1.35. The molecule has 3 aromatic heterocycles. The number of nitrogens with zero attached hydrogens (tertiary/aromatic N) is 4. The Labute approximate surface area is 219 Å². The van der Waals surface area contributed by atoms with Crippen molar-refractivity contribution in [1.29, 1.82) is 0 Å². The van der Waals surface area contributed by atoms with Crippen LogP contribution in [0.2, 0.25) is 0 Å². The van der Waals surface area contributed by atoms with Crippen LogP contribution in [0.4, 0.5) is 0 Å². The van der Waals surface area contributed by atoms with E-state index in [9.17, 15) is 24.3 Å². The molecule has 192 valence electrons. The van der Waals surface area contributed by atoms with E-state index in [1.807, 2.05) is 36.4 Å². The lowest BCUT2D eigenvalue weighted by Crippen LogP contribution is -2.37. The van der Waals surface area contributed by atoms with Crippen molar-refractivity contribution in [1.82, 2.24) is 24.8 Å². The highest BCUT2D eigenvalue weighted by Gasteiger charge is 2.34. The number of aromatic nitrogens is 3. The standard InChI is InChI=1S/C26H21N5O6S/c32-21(33)9-28-24(35)22-23(34)18-11-30(25(36)19-13-38-14-29-19)12-20(18)31(26(22)37)10-15-3-1-4-16(7-15)17-5-2-6-27-8-17/h1-8,13-14,34H,9-12H2,(H,28,35)(H,32,33). The lowest BCUT2D eigenvalue weighted by molar-refractivity contribution is -0.135. The second-order valence-electron chi connectivity index (χ2n) is 8.59. The minimum absolute atomic E-state index is 0.0216. The second kappa shape index (κ2) is 10.3. The highest BCUT2D eigenvalue weighted by molar-refractivity contribution is 7.07. The van der Waals surface area contributed by atoms with E-state index in [1.165, 1.54) is 26.3 Å². The summed E-state index contributed by atoms with van der Waals surface area (Å²) in [5.74, 6) is -3.26. The number of thiazole rings is 1. The second-order valence-corrected chi connectivity index (χ2v) is 9.31. The number of rotatable bonds is 7. The van der Waals surface area contributed by atoms with E-state index in [1.54, 1.807) is 17.8 Å². The Morgan fingerprint density at radius 2 is 1.92 bits per heavy atom. The quantitative estimate of drug-likeness (QED) is 0.328. The van der Waals surface area contributed by atoms with Gasteiger partial charge in [0, 0.05) is 29.0 Å². The molecule has 0 fully saturated rings. The van der Waals surface area contributed by atoms with Crippen LogP contribution in [0.5, 0.6) is 5.75 Å². The molecule has 0 unspecified atom stereocenters. The number of carbonyl (C=O) groups excluding carboxylic acids is 2. The number of pyridine rings is 2. The predicted octanol–water partition coefficient (Wildman–Crippen LogP) is 2.09. The van der Waals surface area contributed by atoms with Gasteiger partial charge in [-0.25, -0.2) is 4.98 Å². The van der Waals surface area contributed by atoms with Gasteiger partial charge in [0.05, 0.1) is 25.1 Å². The predicted molar refractivity (Wildman–Crippen MR) is 137 cm³/mol. The number of hydrogen-bond donors (Lipinski definition) is 3. The zero-order chi connectivity index (χ0) is 26.8. The van der Waals surface area contributed by atoms with Crippen molar-refractivity contribution in [2.24, 2.45) is 0 Å². The van der Waals surface area contributed by atoms with Crippen molar-refractivity contribution >= 4 is 29.1 Å². The van der Waals surface area contributed by atoms with Gasteiger partial charge in [-0.2, -0.15) is 0 Å². The molecule has 4 heterocycles. The van der Waals surface area contributed by atoms with E-state index in [0.717, 1.165) is 16.7 Å². The number of aliphatic carboxylic acids is 1. The molecule has 12 heteroatoms. The molecule has 0 bridgehead atoms. The molecule has 0 atom stereocenters. The molecule has 0 saturated heterocycles. The van der Waals surface area contributed by atoms with Crippen LogP contribution in [0.25, 0.3) is 11.1 Å². The number of carbonyl (C=O) groups is 3. The molecular formula is C26H21N5O6S. The number of carboxylic acid groups (broad SMARTS) is 1. The van der Waals surface area contributed by atoms with Gasteiger partial charge >= 0.3 is 5.97 Å². The van der Waals surface area contributed by atoms with Gasteiger partial charge in [-0.05, 0) is 28.8 Å². The maximum absolute atomic E-state index is 13.6. The Bertz CT molecular complexity index is 1600. The topological polar surface area (TPSA) is 155 Å². The van der Waals surface area contributed by atoms with E-state index in [-0.39, 0.29) is 36.8 Å². The van der Waals surface area contributed by atoms with Crippen molar-refractivity contribution in [3.05, 3.63) is 98.1 Å². The van der Waals surface area contributed by atoms with Crippen LogP contribution >= 0.6 is 11.3 Å². The summed E-state index contributed by atoms with van der Waals surface area (Å²) in [4.78, 5) is 59.9. The molecule has 0 radical (unpaired) electrons. The molecule has 2 amide bonds. The smallest absolute Gasteiger partial charge is 0.322 e. The van der Waals surface area contributed by atoms with Gasteiger partial charge in [0.25, 0.3) is 17.4 Å². The highest BCUT2D eigenvalue weighted by atomic mass is 32.1. The average Bonchev–Trinajstić information content (AvgIpc) is 3.61. The summed E-state index contributed by atoms with van der Waals surface area (Å²) >= 11 is 1.27. The summed E-state index contributed by atoms with van der Waals surface area (Å²) in [5.41, 5.74) is 3.53. The summed E-state index contributed by atoms with van der Waals surface area (Å²) in [6.45, 7) is -0.704. The van der Waals surface area contributed by atoms with Gasteiger partial charge < -0.3 is 25.0 Å². The minimum Gasteiger partial charge on any atom is -0.506 e. The first kappa shape index (κ1) is 24.8. The number of hydrogen-bond acceptors (Lipinski definition) is 8. The molecule has 0 spiro atoms. The van der Waals surface area contributed by atoms with Crippen LogP contribution in [0.3, 0.4) is 0 Å². The van der Waals surface area contributed by atoms with Crippen molar-refractivity contribution < 1.29 is 24.6 Å². The Balaban J connectivity index is 1.57. The molecule has 1 aromatic carbocycles. The van der Waals surface area contributed by atoms with Crippen LogP contribution in [0.15, 0.2) is 64.5 Å². The Kier molecular flexibility index (Phi) is 6.71. The molecule has 0 aliphatic carbocycles. The molecule has 1 aliphatic rings. The average molecular weight is 532 g/mol. The molecule has 3 N–H and O–H groups in total. The minimum atomic E-state index is -1.30. The van der Waals surface area contributed by atoms with E-state index in [2.05, 4.69) is 15.3 Å². The van der Waals surface area contributed by atoms with Crippen LogP contribution in [0.1, 0.15) is 37.7 Å². The number of benzene rings is 1. The lowest BCUT2D eigenvalue weighted by atomic mass is 10.0. The van der Waals surface area contributed by atoms with Crippen molar-refractivity contribution in [3.63, 3.8) is 0 Å². The van der Waals surface area contributed by atoms with E-state index >= 15 is 0 Å². The monoisotopic (exact) mass is 531 g/mol. The van der Waals surface area contributed by atoms with Crippen LogP contribution in [0, 0.1) is 0 Å². The SMILES string of the molecule is O=C(O)CNC(=O)c1c(O)c2c(n(Cc3cccc(-c4cccnc4)c3)c1=O)CN(C(=O)c1cscn1)C2. The maximum Gasteiger partial charge on any atom is 0.322 e. The summed E-state index contributed by atoms with van der Waals surface area (Å²) in [6, 6.07) is 11.2. The number of fused-ring (bicyclic) bond motifs is 1. The first-order valence-electron chi connectivity index (χ1n) is 11.5. The number of amides is 2. The summed E-state index contributed by atoms with van der Waals surface area (Å²) in [6.07, 6.45) is 3.39. The molecule has 0 saturated carbocycles. The first-order valence-corrected chi connectivity index (χ1v) is 12.4. The largest absolute Gasteiger partial charge is 0.506 e. The molecule has 5 rings (SSSR count). The molecule has 38 heavy (non-hydrogen) atoms. The lowest BCUT2D eigenvalue weighted by Gasteiger charge is -2.16. The fraction of sp³-hybridized carbons (Fsp3) is 0.154. The maximum atomic E-state index is 13.6. The molecule has 1 aliphatic heterocycles. The first-order chi connectivity index (χ1) is 18.3. The third kappa shape index (κ3) is 4.76. The molecule has 11 nitrogen and oxygen atoms in total. The third-order valence-corrected chi connectivity index (χ3v) is 6.76. The van der Waals surface area contributed by atoms with Crippen molar-refractivity contribution in [3.8, 4) is 16.9 Å². The Morgan fingerprint density at radius 1 is 1.11 bits per heavy atom. The molecule has 4 aromatic rings. The van der Waals surface area contributed by atoms with Crippen LogP contribution in [-0.2, 0) is 24.4 Å². The van der Waals surface area contributed by atoms with Crippen LogP contribution in [-0.4, -0.2) is 54.0 Å². The number of aromatic hydroxyl groups is 1. The highest BCUT2D eigenvalue weighted by Crippen LogP contribution is 2.33. The van der Waals surface area contributed by atoms with Gasteiger partial charge in [-0.15, -0.1) is 11.3 Å². The summed E-state index contributed by atoms with van der Waals surface area (Å²) in [5, 5.41) is 23.6. The van der Waals surface area contributed by atoms with Crippen molar-refractivity contribution in [2.75, 3.05) is 6.54 Å². The van der Waals surface area contributed by atoms with E-state index in [0.29, 0.717) is 5.69 Å².